The van der Waals surface area contributed by atoms with Gasteiger partial charge >= 0.3 is 6.03 Å². The zero-order chi connectivity index (χ0) is 22.2. The van der Waals surface area contributed by atoms with E-state index in [1.165, 1.54) is 4.90 Å². The molecule has 2 heterocycles. The third-order valence-electron chi connectivity index (χ3n) is 6.40. The second-order valence-corrected chi connectivity index (χ2v) is 10.8. The van der Waals surface area contributed by atoms with E-state index in [2.05, 4.69) is 10.6 Å². The zero-order valence-electron chi connectivity index (χ0n) is 17.6. The highest BCUT2D eigenvalue weighted by molar-refractivity contribution is 7.91. The molecule has 2 saturated heterocycles. The van der Waals surface area contributed by atoms with Crippen molar-refractivity contribution in [3.8, 4) is 0 Å². The van der Waals surface area contributed by atoms with E-state index in [1.807, 2.05) is 31.2 Å². The normalized spacial score (nSPS) is 26.9. The van der Waals surface area contributed by atoms with Gasteiger partial charge in [0.15, 0.2) is 9.84 Å². The molecule has 2 unspecified atom stereocenters. The molecule has 1 aromatic carbocycles. The van der Waals surface area contributed by atoms with Crippen LogP contribution in [-0.4, -0.2) is 73.4 Å². The Hall–Kier alpha value is -2.46. The lowest BCUT2D eigenvalue weighted by atomic mass is 9.76. The molecule has 2 N–H and O–H groups in total. The maximum atomic E-state index is 13.4. The van der Waals surface area contributed by atoms with Gasteiger partial charge in [0.25, 0.3) is 5.91 Å². The van der Waals surface area contributed by atoms with Gasteiger partial charge in [-0.3, -0.25) is 14.5 Å². The summed E-state index contributed by atoms with van der Waals surface area (Å²) >= 11 is 0. The molecule has 4 rings (SSSR count). The maximum absolute atomic E-state index is 13.4. The first kappa shape index (κ1) is 21.8. The lowest BCUT2D eigenvalue weighted by Crippen LogP contribution is -2.49. The number of hydrogen-bond acceptors (Lipinski definition) is 6. The number of nitrogens with one attached hydrogen (secondary N) is 2. The molecule has 1 aliphatic carbocycles. The first-order valence-electron chi connectivity index (χ1n) is 10.7. The number of hydrogen-bond donors (Lipinski definition) is 2. The Morgan fingerprint density at radius 1 is 1.32 bits per heavy atom. The number of nitrogens with zero attached hydrogens (tertiary/aromatic N) is 2. The minimum Gasteiger partial charge on any atom is -0.351 e. The quantitative estimate of drug-likeness (QED) is 0.607. The van der Waals surface area contributed by atoms with Crippen LogP contribution in [0.1, 0.15) is 37.3 Å². The zero-order valence-corrected chi connectivity index (χ0v) is 18.4. The molecule has 9 nitrogen and oxygen atoms in total. The Bertz CT molecular complexity index is 1010. The molecular weight excluding hydrogens is 420 g/mol. The molecule has 2 aliphatic heterocycles. The molecule has 168 valence electrons. The van der Waals surface area contributed by atoms with Crippen molar-refractivity contribution in [2.24, 2.45) is 0 Å². The summed E-state index contributed by atoms with van der Waals surface area (Å²) in [5.74, 6) is -0.555. The van der Waals surface area contributed by atoms with Crippen LogP contribution in [0.5, 0.6) is 0 Å². The van der Waals surface area contributed by atoms with Crippen LogP contribution in [0.2, 0.25) is 0 Å². The monoisotopic (exact) mass is 448 g/mol. The average molecular weight is 449 g/mol. The van der Waals surface area contributed by atoms with E-state index in [-0.39, 0.29) is 42.6 Å². The Morgan fingerprint density at radius 3 is 2.81 bits per heavy atom. The van der Waals surface area contributed by atoms with Gasteiger partial charge in [-0.25, -0.2) is 18.1 Å². The van der Waals surface area contributed by atoms with Crippen LogP contribution < -0.4 is 10.6 Å². The maximum Gasteiger partial charge on any atom is 0.326 e. The predicted molar refractivity (Wildman–Crippen MR) is 114 cm³/mol. The van der Waals surface area contributed by atoms with Crippen LogP contribution in [0.4, 0.5) is 4.79 Å². The van der Waals surface area contributed by atoms with Crippen molar-refractivity contribution in [2.45, 2.75) is 44.2 Å². The lowest BCUT2D eigenvalue weighted by molar-refractivity contribution is -0.134. The number of imide groups is 1. The van der Waals surface area contributed by atoms with E-state index >= 15 is 0 Å². The molecule has 1 aromatic rings. The van der Waals surface area contributed by atoms with Gasteiger partial charge in [0, 0.05) is 6.04 Å². The molecule has 0 saturated carbocycles. The van der Waals surface area contributed by atoms with Crippen molar-refractivity contribution in [3.63, 3.8) is 0 Å². The van der Waals surface area contributed by atoms with Crippen molar-refractivity contribution < 1.29 is 22.8 Å². The molecule has 0 aromatic heterocycles. The largest absolute Gasteiger partial charge is 0.351 e. The van der Waals surface area contributed by atoms with Gasteiger partial charge in [-0.2, -0.15) is 0 Å². The van der Waals surface area contributed by atoms with Crippen molar-refractivity contribution in [3.05, 3.63) is 35.4 Å². The number of benzene rings is 1. The Balaban J connectivity index is 1.43. The highest BCUT2D eigenvalue weighted by Gasteiger charge is 2.54. The number of sulfone groups is 1. The van der Waals surface area contributed by atoms with E-state index in [9.17, 15) is 22.8 Å². The number of aryl methyl sites for hydroxylation is 1. The van der Waals surface area contributed by atoms with Gasteiger partial charge in [0.1, 0.15) is 5.54 Å². The molecular formula is C21H28N4O5S. The number of fused-ring (bicyclic) bond motifs is 2. The number of likely N-dealkylation sites (N-methyl/N-ethyl adjacent to an activating group) is 1. The summed E-state index contributed by atoms with van der Waals surface area (Å²) in [6.45, 7) is 2.28. The van der Waals surface area contributed by atoms with Gasteiger partial charge in [0.2, 0.25) is 5.91 Å². The number of carbonyl (C=O) groups excluding carboxylic acids is 3. The fourth-order valence-corrected chi connectivity index (χ4v) is 6.46. The SMILES string of the molecule is CCN(CC(=O)NC1CCS(=O)(=O)C1)CN1C(=O)NC2(CCCc3ccccc32)C1=O. The van der Waals surface area contributed by atoms with Crippen molar-refractivity contribution >= 4 is 27.7 Å². The van der Waals surface area contributed by atoms with Crippen LogP contribution in [0.25, 0.3) is 0 Å². The van der Waals surface area contributed by atoms with E-state index in [1.54, 1.807) is 4.90 Å². The predicted octanol–water partition coefficient (Wildman–Crippen LogP) is 0.353. The molecule has 2 fully saturated rings. The number of rotatable bonds is 6. The smallest absolute Gasteiger partial charge is 0.326 e. The third kappa shape index (κ3) is 4.18. The van der Waals surface area contributed by atoms with Gasteiger partial charge in [-0.15, -0.1) is 0 Å². The summed E-state index contributed by atoms with van der Waals surface area (Å²) in [7, 11) is -3.08. The standard InChI is InChI=1S/C21H28N4O5S/c1-2-24(12-18(26)22-16-9-11-31(29,30)13-16)14-25-19(27)21(23-20(25)28)10-5-7-15-6-3-4-8-17(15)21/h3-4,6,8,16H,2,5,7,9-14H2,1H3,(H,22,26)(H,23,28). The Labute approximate surface area is 182 Å². The second-order valence-electron chi connectivity index (χ2n) is 8.53. The van der Waals surface area contributed by atoms with Gasteiger partial charge in [0.05, 0.1) is 24.7 Å². The lowest BCUT2D eigenvalue weighted by Gasteiger charge is -2.33. The number of amides is 4. The van der Waals surface area contributed by atoms with Gasteiger partial charge in [-0.05, 0) is 43.4 Å². The van der Waals surface area contributed by atoms with Crippen LogP contribution in [-0.2, 0) is 31.4 Å². The topological polar surface area (TPSA) is 116 Å². The highest BCUT2D eigenvalue weighted by Crippen LogP contribution is 2.39. The number of urea groups is 1. The first-order valence-corrected chi connectivity index (χ1v) is 12.5. The summed E-state index contributed by atoms with van der Waals surface area (Å²) in [6, 6.07) is 6.86. The molecule has 2 atom stereocenters. The van der Waals surface area contributed by atoms with E-state index in [0.717, 1.165) is 24.0 Å². The van der Waals surface area contributed by atoms with Crippen LogP contribution >= 0.6 is 0 Å². The van der Waals surface area contributed by atoms with Crippen LogP contribution in [0.3, 0.4) is 0 Å². The first-order chi connectivity index (χ1) is 14.7. The second kappa shape index (κ2) is 8.23. The van der Waals surface area contributed by atoms with Crippen molar-refractivity contribution in [1.82, 2.24) is 20.4 Å². The highest BCUT2D eigenvalue weighted by atomic mass is 32.2. The summed E-state index contributed by atoms with van der Waals surface area (Å²) in [5.41, 5.74) is 0.888. The third-order valence-corrected chi connectivity index (χ3v) is 8.17. The molecule has 0 radical (unpaired) electrons. The van der Waals surface area contributed by atoms with Gasteiger partial charge in [-0.1, -0.05) is 31.2 Å². The number of carbonyl (C=O) groups is 3. The summed E-state index contributed by atoms with van der Waals surface area (Å²) in [4.78, 5) is 41.4. The van der Waals surface area contributed by atoms with Crippen LogP contribution in [0, 0.1) is 0 Å². The van der Waals surface area contributed by atoms with E-state index < -0.39 is 21.4 Å². The fraction of sp³-hybridized carbons (Fsp3) is 0.571. The molecule has 0 bridgehead atoms. The van der Waals surface area contributed by atoms with Gasteiger partial charge < -0.3 is 10.6 Å². The van der Waals surface area contributed by atoms with Crippen molar-refractivity contribution in [1.29, 1.82) is 0 Å². The van der Waals surface area contributed by atoms with E-state index in [4.69, 9.17) is 0 Å². The van der Waals surface area contributed by atoms with Crippen LogP contribution in [0.15, 0.2) is 24.3 Å². The molecule has 3 aliphatic rings. The fourth-order valence-electron chi connectivity index (χ4n) is 4.79. The summed E-state index contributed by atoms with van der Waals surface area (Å²) in [6.07, 6.45) is 2.64. The minimum atomic E-state index is -3.08. The molecule has 4 amide bonds. The summed E-state index contributed by atoms with van der Waals surface area (Å²) in [5, 5.41) is 5.67. The summed E-state index contributed by atoms with van der Waals surface area (Å²) < 4.78 is 23.2. The van der Waals surface area contributed by atoms with E-state index in [0.29, 0.717) is 19.4 Å². The average Bonchev–Trinajstić information content (AvgIpc) is 3.18. The Kier molecular flexibility index (Phi) is 5.78. The molecule has 10 heteroatoms. The molecule has 1 spiro atoms. The molecule has 31 heavy (non-hydrogen) atoms. The van der Waals surface area contributed by atoms with Crippen molar-refractivity contribution in [2.75, 3.05) is 31.3 Å². The Morgan fingerprint density at radius 2 is 2.10 bits per heavy atom. The minimum absolute atomic E-state index is 0.00146.